The van der Waals surface area contributed by atoms with Crippen LogP contribution in [0.2, 0.25) is 0 Å². The van der Waals surface area contributed by atoms with Crippen molar-refractivity contribution in [3.05, 3.63) is 38.8 Å². The lowest BCUT2D eigenvalue weighted by molar-refractivity contribution is 0.102. The molecule has 6 heteroatoms. The van der Waals surface area contributed by atoms with Crippen LogP contribution in [0.3, 0.4) is 0 Å². The summed E-state index contributed by atoms with van der Waals surface area (Å²) in [5.41, 5.74) is 2.62. The summed E-state index contributed by atoms with van der Waals surface area (Å²) in [5, 5.41) is 6.79. The van der Waals surface area contributed by atoms with Gasteiger partial charge in [-0.3, -0.25) is 4.79 Å². The zero-order valence-electron chi connectivity index (χ0n) is 10.0. The van der Waals surface area contributed by atoms with E-state index >= 15 is 0 Å². The molecule has 0 fully saturated rings. The van der Waals surface area contributed by atoms with Crippen LogP contribution in [0.5, 0.6) is 0 Å². The van der Waals surface area contributed by atoms with Crippen molar-refractivity contribution in [1.82, 2.24) is 9.59 Å². The number of benzene rings is 1. The molecule has 0 radical (unpaired) electrons. The molecule has 18 heavy (non-hydrogen) atoms. The van der Waals surface area contributed by atoms with Crippen molar-refractivity contribution in [1.29, 1.82) is 0 Å². The SMILES string of the molecule is CCc1nnsc1C(=O)Nc1ccc(C)cc1Br. The Morgan fingerprint density at radius 3 is 2.94 bits per heavy atom. The molecule has 0 atom stereocenters. The monoisotopic (exact) mass is 325 g/mol. The summed E-state index contributed by atoms with van der Waals surface area (Å²) in [5.74, 6) is -0.161. The molecule has 1 heterocycles. The van der Waals surface area contributed by atoms with E-state index in [1.807, 2.05) is 32.0 Å². The fourth-order valence-electron chi connectivity index (χ4n) is 1.51. The zero-order valence-corrected chi connectivity index (χ0v) is 12.4. The van der Waals surface area contributed by atoms with Crippen LogP contribution in [0.4, 0.5) is 5.69 Å². The molecular weight excluding hydrogens is 314 g/mol. The number of nitrogens with one attached hydrogen (secondary N) is 1. The lowest BCUT2D eigenvalue weighted by Gasteiger charge is -2.07. The minimum atomic E-state index is -0.161. The van der Waals surface area contributed by atoms with Crippen molar-refractivity contribution in [3.8, 4) is 0 Å². The first-order chi connectivity index (χ1) is 8.61. The summed E-state index contributed by atoms with van der Waals surface area (Å²) < 4.78 is 4.68. The molecule has 94 valence electrons. The maximum Gasteiger partial charge on any atom is 0.269 e. The van der Waals surface area contributed by atoms with Crippen LogP contribution in [-0.4, -0.2) is 15.5 Å². The van der Waals surface area contributed by atoms with Crippen LogP contribution in [0.25, 0.3) is 0 Å². The number of nitrogens with zero attached hydrogens (tertiary/aromatic N) is 2. The van der Waals surface area contributed by atoms with Gasteiger partial charge in [-0.1, -0.05) is 17.5 Å². The van der Waals surface area contributed by atoms with Gasteiger partial charge in [-0.05, 0) is 58.5 Å². The van der Waals surface area contributed by atoms with Gasteiger partial charge in [-0.15, -0.1) is 5.10 Å². The van der Waals surface area contributed by atoms with Gasteiger partial charge in [0.2, 0.25) is 0 Å². The van der Waals surface area contributed by atoms with E-state index in [-0.39, 0.29) is 5.91 Å². The third kappa shape index (κ3) is 2.76. The van der Waals surface area contributed by atoms with Crippen molar-refractivity contribution in [2.45, 2.75) is 20.3 Å². The molecule has 0 spiro atoms. The normalized spacial score (nSPS) is 10.4. The number of aromatic nitrogens is 2. The Labute approximate surface area is 118 Å². The molecule has 0 bridgehead atoms. The Hall–Kier alpha value is -1.27. The second-order valence-electron chi connectivity index (χ2n) is 3.84. The number of amides is 1. The predicted molar refractivity (Wildman–Crippen MR) is 76.1 cm³/mol. The van der Waals surface area contributed by atoms with E-state index in [1.54, 1.807) is 0 Å². The second-order valence-corrected chi connectivity index (χ2v) is 5.45. The third-order valence-corrected chi connectivity index (χ3v) is 3.89. The van der Waals surface area contributed by atoms with E-state index in [1.165, 1.54) is 0 Å². The number of hydrogen-bond acceptors (Lipinski definition) is 4. The number of carbonyl (C=O) groups is 1. The quantitative estimate of drug-likeness (QED) is 0.940. The molecule has 0 aliphatic rings. The molecule has 0 aliphatic heterocycles. The summed E-state index contributed by atoms with van der Waals surface area (Å²) in [6, 6.07) is 5.78. The Balaban J connectivity index is 2.21. The minimum absolute atomic E-state index is 0.161. The summed E-state index contributed by atoms with van der Waals surface area (Å²) in [7, 11) is 0. The highest BCUT2D eigenvalue weighted by atomic mass is 79.9. The van der Waals surface area contributed by atoms with Crippen LogP contribution in [0, 0.1) is 6.92 Å². The van der Waals surface area contributed by atoms with E-state index in [0.29, 0.717) is 11.3 Å². The highest BCUT2D eigenvalue weighted by Crippen LogP contribution is 2.24. The van der Waals surface area contributed by atoms with Crippen LogP contribution in [0.15, 0.2) is 22.7 Å². The summed E-state index contributed by atoms with van der Waals surface area (Å²) >= 11 is 4.55. The number of rotatable bonds is 3. The highest BCUT2D eigenvalue weighted by Gasteiger charge is 2.15. The average molecular weight is 326 g/mol. The molecule has 0 saturated carbocycles. The molecule has 1 aromatic carbocycles. The lowest BCUT2D eigenvalue weighted by Crippen LogP contribution is -2.12. The number of aryl methyl sites for hydroxylation is 2. The summed E-state index contributed by atoms with van der Waals surface area (Å²) in [6.07, 6.45) is 0.703. The Morgan fingerprint density at radius 2 is 2.28 bits per heavy atom. The fraction of sp³-hybridized carbons (Fsp3) is 0.250. The molecule has 1 amide bonds. The molecule has 0 aliphatic carbocycles. The number of halogens is 1. The molecule has 2 rings (SSSR count). The van der Waals surface area contributed by atoms with Gasteiger partial charge in [-0.2, -0.15) is 0 Å². The van der Waals surface area contributed by atoms with Gasteiger partial charge in [0.1, 0.15) is 4.88 Å². The maximum atomic E-state index is 12.1. The van der Waals surface area contributed by atoms with Gasteiger partial charge >= 0.3 is 0 Å². The van der Waals surface area contributed by atoms with Crippen LogP contribution in [-0.2, 0) is 6.42 Å². The van der Waals surface area contributed by atoms with Crippen LogP contribution < -0.4 is 5.32 Å². The Kier molecular flexibility index (Phi) is 4.08. The first-order valence-electron chi connectivity index (χ1n) is 5.50. The standard InChI is InChI=1S/C12H12BrN3OS/c1-3-9-11(18-16-15-9)12(17)14-10-5-4-7(2)6-8(10)13/h4-6H,3H2,1-2H3,(H,14,17). The first kappa shape index (κ1) is 13.2. The van der Waals surface area contributed by atoms with E-state index in [9.17, 15) is 4.79 Å². The van der Waals surface area contributed by atoms with Crippen LogP contribution >= 0.6 is 27.5 Å². The van der Waals surface area contributed by atoms with Gasteiger partial charge < -0.3 is 5.32 Å². The van der Waals surface area contributed by atoms with Crippen molar-refractivity contribution < 1.29 is 4.79 Å². The zero-order chi connectivity index (χ0) is 13.1. The van der Waals surface area contributed by atoms with Crippen molar-refractivity contribution >= 4 is 39.1 Å². The number of carbonyl (C=O) groups excluding carboxylic acids is 1. The van der Waals surface area contributed by atoms with Crippen molar-refractivity contribution in [3.63, 3.8) is 0 Å². The van der Waals surface area contributed by atoms with Crippen molar-refractivity contribution in [2.75, 3.05) is 5.32 Å². The molecule has 0 saturated heterocycles. The van der Waals surface area contributed by atoms with Gasteiger partial charge in [0.05, 0.1) is 11.4 Å². The average Bonchev–Trinajstić information content (AvgIpc) is 2.81. The smallest absolute Gasteiger partial charge is 0.269 e. The molecule has 2 aromatic rings. The molecule has 0 unspecified atom stereocenters. The fourth-order valence-corrected chi connectivity index (χ4v) is 2.75. The summed E-state index contributed by atoms with van der Waals surface area (Å²) in [6.45, 7) is 3.95. The lowest BCUT2D eigenvalue weighted by atomic mass is 10.2. The topological polar surface area (TPSA) is 54.9 Å². The van der Waals surface area contributed by atoms with Crippen molar-refractivity contribution in [2.24, 2.45) is 0 Å². The third-order valence-electron chi connectivity index (χ3n) is 2.47. The first-order valence-corrected chi connectivity index (χ1v) is 7.07. The predicted octanol–water partition coefficient (Wildman–Crippen LogP) is 3.42. The van der Waals surface area contributed by atoms with Gasteiger partial charge in [0.25, 0.3) is 5.91 Å². The maximum absolute atomic E-state index is 12.1. The number of hydrogen-bond donors (Lipinski definition) is 1. The van der Waals surface area contributed by atoms with E-state index in [0.717, 1.165) is 32.9 Å². The van der Waals surface area contributed by atoms with Gasteiger partial charge in [0.15, 0.2) is 0 Å². The van der Waals surface area contributed by atoms with E-state index < -0.39 is 0 Å². The van der Waals surface area contributed by atoms with E-state index in [2.05, 4.69) is 30.8 Å². The van der Waals surface area contributed by atoms with Crippen LogP contribution in [0.1, 0.15) is 27.9 Å². The van der Waals surface area contributed by atoms with Gasteiger partial charge in [-0.25, -0.2) is 0 Å². The summed E-state index contributed by atoms with van der Waals surface area (Å²) in [4.78, 5) is 12.7. The molecular formula is C12H12BrN3OS. The largest absolute Gasteiger partial charge is 0.320 e. The van der Waals surface area contributed by atoms with Gasteiger partial charge in [0, 0.05) is 4.47 Å². The highest BCUT2D eigenvalue weighted by molar-refractivity contribution is 9.10. The number of anilines is 1. The Morgan fingerprint density at radius 1 is 1.50 bits per heavy atom. The molecule has 1 N–H and O–H groups in total. The molecule has 4 nitrogen and oxygen atoms in total. The van der Waals surface area contributed by atoms with E-state index in [4.69, 9.17) is 0 Å². The molecule has 1 aromatic heterocycles. The Bertz CT molecular complexity index is 582. The second kappa shape index (κ2) is 5.58. The minimum Gasteiger partial charge on any atom is -0.320 e.